The topological polar surface area (TPSA) is 62.7 Å². The molecule has 2 N–H and O–H groups in total. The molecule has 0 aromatic carbocycles. The average Bonchev–Trinajstić information content (AvgIpc) is 2.07. The zero-order chi connectivity index (χ0) is 8.97. The fourth-order valence-electron chi connectivity index (χ4n) is 0.607. The maximum atomic E-state index is 8.14. The van der Waals surface area contributed by atoms with Gasteiger partial charge in [-0.15, -0.1) is 0 Å². The lowest BCUT2D eigenvalue weighted by atomic mass is 10.3. The van der Waals surface area contributed by atoms with Crippen molar-refractivity contribution in [3.8, 4) is 17.9 Å². The van der Waals surface area contributed by atoms with Gasteiger partial charge in [-0.2, -0.15) is 5.26 Å². The van der Waals surface area contributed by atoms with Crippen LogP contribution in [0.1, 0.15) is 5.69 Å². The maximum absolute atomic E-state index is 8.14. The Balaban J connectivity index is 3.07. The minimum Gasteiger partial charge on any atom is -0.396 e. The number of pyridine rings is 1. The molecule has 12 heavy (non-hydrogen) atoms. The van der Waals surface area contributed by atoms with E-state index in [0.717, 1.165) is 0 Å². The molecule has 0 spiro atoms. The summed E-state index contributed by atoms with van der Waals surface area (Å²) in [6, 6.07) is 4.87. The number of nitrogens with zero attached hydrogens (tertiary/aromatic N) is 2. The van der Waals surface area contributed by atoms with Gasteiger partial charge in [-0.25, -0.2) is 4.98 Å². The number of nitrogens with two attached hydrogens (primary N) is 1. The molecular formula is C8H4ClN3. The molecule has 0 aliphatic rings. The molecule has 0 aliphatic heterocycles. The Labute approximate surface area is 74.8 Å². The van der Waals surface area contributed by atoms with Gasteiger partial charge in [0.2, 0.25) is 0 Å². The molecule has 0 atom stereocenters. The predicted molar refractivity (Wildman–Crippen MR) is 46.2 cm³/mol. The second-order valence-electron chi connectivity index (χ2n) is 1.94. The molecule has 1 aromatic rings. The van der Waals surface area contributed by atoms with Crippen LogP contribution in [0.25, 0.3) is 0 Å². The normalized spacial score (nSPS) is 8.00. The van der Waals surface area contributed by atoms with Gasteiger partial charge in [0.25, 0.3) is 0 Å². The molecule has 1 aromatic heterocycles. The summed E-state index contributed by atoms with van der Waals surface area (Å²) in [5, 5.41) is 8.35. The molecule has 1 heterocycles. The van der Waals surface area contributed by atoms with Gasteiger partial charge in [0.1, 0.15) is 5.69 Å². The van der Waals surface area contributed by atoms with Gasteiger partial charge in [-0.3, -0.25) is 0 Å². The molecule has 1 rings (SSSR count). The first-order valence-electron chi connectivity index (χ1n) is 3.06. The summed E-state index contributed by atoms with van der Waals surface area (Å²) in [5.41, 5.74) is 6.25. The monoisotopic (exact) mass is 177 g/mol. The van der Waals surface area contributed by atoms with Crippen LogP contribution < -0.4 is 5.73 Å². The molecule has 3 nitrogen and oxygen atoms in total. The summed E-state index contributed by atoms with van der Waals surface area (Å²) in [7, 11) is 0. The summed E-state index contributed by atoms with van der Waals surface area (Å²) in [4.78, 5) is 3.83. The van der Waals surface area contributed by atoms with Gasteiger partial charge in [0.15, 0.2) is 11.2 Å². The van der Waals surface area contributed by atoms with Gasteiger partial charge >= 0.3 is 0 Å². The second kappa shape index (κ2) is 3.61. The highest BCUT2D eigenvalue weighted by Gasteiger charge is 1.96. The SMILES string of the molecule is N#CC#Cc1ccc(N)c(Cl)n1. The summed E-state index contributed by atoms with van der Waals surface area (Å²) < 4.78 is 0. The lowest BCUT2D eigenvalue weighted by molar-refractivity contribution is 1.29. The van der Waals surface area contributed by atoms with Crippen molar-refractivity contribution in [3.63, 3.8) is 0 Å². The Bertz CT molecular complexity index is 395. The maximum Gasteiger partial charge on any atom is 0.153 e. The Kier molecular flexibility index (Phi) is 2.53. The predicted octanol–water partition coefficient (Wildman–Crippen LogP) is 1.19. The van der Waals surface area contributed by atoms with Crippen LogP contribution in [0, 0.1) is 23.2 Å². The Morgan fingerprint density at radius 2 is 2.25 bits per heavy atom. The molecule has 0 unspecified atom stereocenters. The number of nitrogen functional groups attached to an aromatic ring is 1. The van der Waals surface area contributed by atoms with Crippen molar-refractivity contribution in [3.05, 3.63) is 23.0 Å². The minimum absolute atomic E-state index is 0.208. The lowest BCUT2D eigenvalue weighted by Crippen LogP contribution is -1.90. The van der Waals surface area contributed by atoms with E-state index in [1.807, 2.05) is 0 Å². The quantitative estimate of drug-likeness (QED) is 0.478. The van der Waals surface area contributed by atoms with Crippen LogP contribution >= 0.6 is 11.6 Å². The van der Waals surface area contributed by atoms with Crippen LogP contribution in [0.5, 0.6) is 0 Å². The number of hydrogen-bond acceptors (Lipinski definition) is 3. The zero-order valence-corrected chi connectivity index (χ0v) is 6.76. The molecule has 0 bridgehead atoms. The van der Waals surface area contributed by atoms with Gasteiger partial charge < -0.3 is 5.73 Å². The van der Waals surface area contributed by atoms with Crippen molar-refractivity contribution < 1.29 is 0 Å². The smallest absolute Gasteiger partial charge is 0.153 e. The van der Waals surface area contributed by atoms with Crippen LogP contribution in [0.15, 0.2) is 12.1 Å². The second-order valence-corrected chi connectivity index (χ2v) is 2.30. The molecular weight excluding hydrogens is 174 g/mol. The third-order valence-corrected chi connectivity index (χ3v) is 1.43. The van der Waals surface area contributed by atoms with Crippen molar-refractivity contribution in [2.24, 2.45) is 0 Å². The van der Waals surface area contributed by atoms with Gasteiger partial charge in [0.05, 0.1) is 5.69 Å². The van der Waals surface area contributed by atoms with E-state index >= 15 is 0 Å². The van der Waals surface area contributed by atoms with Crippen LogP contribution in [-0.4, -0.2) is 4.98 Å². The first kappa shape index (κ1) is 8.39. The molecule has 0 amide bonds. The lowest BCUT2D eigenvalue weighted by Gasteiger charge is -1.94. The number of aromatic nitrogens is 1. The minimum atomic E-state index is 0.208. The van der Waals surface area contributed by atoms with Gasteiger partial charge in [0, 0.05) is 5.92 Å². The average molecular weight is 178 g/mol. The van der Waals surface area contributed by atoms with E-state index < -0.39 is 0 Å². The number of halogens is 1. The van der Waals surface area contributed by atoms with E-state index in [1.54, 1.807) is 18.2 Å². The van der Waals surface area contributed by atoms with E-state index in [2.05, 4.69) is 16.8 Å². The number of rotatable bonds is 0. The van der Waals surface area contributed by atoms with E-state index in [9.17, 15) is 0 Å². The van der Waals surface area contributed by atoms with E-state index in [1.165, 1.54) is 0 Å². The zero-order valence-electron chi connectivity index (χ0n) is 6.00. The number of hydrogen-bond donors (Lipinski definition) is 1. The summed E-state index contributed by atoms with van der Waals surface area (Å²) in [5.74, 6) is 4.70. The summed E-state index contributed by atoms with van der Waals surface area (Å²) >= 11 is 5.61. The highest BCUT2D eigenvalue weighted by atomic mass is 35.5. The van der Waals surface area contributed by atoms with Crippen LogP contribution in [0.3, 0.4) is 0 Å². The molecule has 4 heteroatoms. The first-order valence-corrected chi connectivity index (χ1v) is 3.44. The fourth-order valence-corrected chi connectivity index (χ4v) is 0.761. The van der Waals surface area contributed by atoms with Crippen molar-refractivity contribution in [2.75, 3.05) is 5.73 Å². The third kappa shape index (κ3) is 1.88. The molecule has 0 radical (unpaired) electrons. The largest absolute Gasteiger partial charge is 0.396 e. The molecule has 58 valence electrons. The highest BCUT2D eigenvalue weighted by Crippen LogP contribution is 2.14. The summed E-state index contributed by atoms with van der Waals surface area (Å²) in [6.07, 6.45) is 0. The van der Waals surface area contributed by atoms with Crippen molar-refractivity contribution in [2.45, 2.75) is 0 Å². The van der Waals surface area contributed by atoms with Crippen molar-refractivity contribution >= 4 is 17.3 Å². The molecule has 0 saturated heterocycles. The van der Waals surface area contributed by atoms with E-state index in [-0.39, 0.29) is 5.15 Å². The molecule has 0 aliphatic carbocycles. The van der Waals surface area contributed by atoms with Gasteiger partial charge in [-0.1, -0.05) is 11.6 Å². The number of nitriles is 1. The van der Waals surface area contributed by atoms with Crippen LogP contribution in [-0.2, 0) is 0 Å². The fraction of sp³-hybridized carbons (Fsp3) is 0. The Morgan fingerprint density at radius 3 is 2.83 bits per heavy atom. The van der Waals surface area contributed by atoms with Crippen molar-refractivity contribution in [1.82, 2.24) is 4.98 Å². The molecule has 0 saturated carbocycles. The highest BCUT2D eigenvalue weighted by molar-refractivity contribution is 6.31. The third-order valence-electron chi connectivity index (χ3n) is 1.12. The first-order chi connectivity index (χ1) is 5.74. The van der Waals surface area contributed by atoms with E-state index in [0.29, 0.717) is 11.4 Å². The van der Waals surface area contributed by atoms with Crippen molar-refractivity contribution in [1.29, 1.82) is 5.26 Å². The van der Waals surface area contributed by atoms with Gasteiger partial charge in [-0.05, 0) is 18.1 Å². The summed E-state index contributed by atoms with van der Waals surface area (Å²) in [6.45, 7) is 0. The Morgan fingerprint density at radius 1 is 1.50 bits per heavy atom. The van der Waals surface area contributed by atoms with E-state index in [4.69, 9.17) is 22.6 Å². The van der Waals surface area contributed by atoms with Crippen LogP contribution in [0.4, 0.5) is 5.69 Å². The number of anilines is 1. The molecule has 0 fully saturated rings. The van der Waals surface area contributed by atoms with Crippen LogP contribution in [0.2, 0.25) is 5.15 Å². The standard InChI is InChI=1S/C8H4ClN3/c9-8-7(11)4-3-6(12-8)2-1-5-10/h3-4H,11H2. The Hall–Kier alpha value is -1.71.